The first-order valence-corrected chi connectivity index (χ1v) is 6.88. The average Bonchev–Trinajstić information content (AvgIpc) is 2.37. The van der Waals surface area contributed by atoms with E-state index in [4.69, 9.17) is 0 Å². The van der Waals surface area contributed by atoms with Gasteiger partial charge in [-0.1, -0.05) is 37.7 Å². The van der Waals surface area contributed by atoms with Crippen LogP contribution < -0.4 is 5.56 Å². The van der Waals surface area contributed by atoms with Gasteiger partial charge in [0, 0.05) is 7.05 Å². The maximum atomic E-state index is 12.0. The second kappa shape index (κ2) is 5.87. The third kappa shape index (κ3) is 2.52. The van der Waals surface area contributed by atoms with Gasteiger partial charge in [-0.15, -0.1) is 0 Å². The lowest BCUT2D eigenvalue weighted by Gasteiger charge is -2.07. The second-order valence-corrected chi connectivity index (χ2v) is 4.21. The fraction of sp³-hybridized carbons (Fsp3) is 0.385. The van der Waals surface area contributed by atoms with Crippen molar-refractivity contribution in [2.45, 2.75) is 25.9 Å². The largest absolute Gasteiger partial charge is 0.290 e. The Balaban J connectivity index is 0.000000686. The quantitative estimate of drug-likeness (QED) is 0.576. The molecule has 0 aliphatic rings. The van der Waals surface area contributed by atoms with Crippen molar-refractivity contribution >= 4 is 22.7 Å². The van der Waals surface area contributed by atoms with Crippen LogP contribution in [0.1, 0.15) is 19.4 Å². The number of thioether (sulfide) groups is 1. The summed E-state index contributed by atoms with van der Waals surface area (Å²) in [5.41, 5.74) is 1.87. The number of benzene rings is 1. The van der Waals surface area contributed by atoms with Gasteiger partial charge in [0.15, 0.2) is 5.16 Å². The fourth-order valence-electron chi connectivity index (χ4n) is 1.60. The maximum Gasteiger partial charge on any atom is 0.261 e. The molecule has 92 valence electrons. The summed E-state index contributed by atoms with van der Waals surface area (Å²) in [5.74, 6) is 0. The molecule has 1 heterocycles. The Bertz CT molecular complexity index is 575. The molecule has 2 aromatic rings. The monoisotopic (exact) mass is 250 g/mol. The highest BCUT2D eigenvalue weighted by molar-refractivity contribution is 7.98. The first-order valence-electron chi connectivity index (χ1n) is 5.65. The normalized spacial score (nSPS) is 9.94. The molecule has 0 aliphatic carbocycles. The lowest BCUT2D eigenvalue weighted by atomic mass is 10.1. The number of para-hydroxylation sites is 1. The van der Waals surface area contributed by atoms with Gasteiger partial charge in [-0.2, -0.15) is 0 Å². The van der Waals surface area contributed by atoms with Crippen molar-refractivity contribution < 1.29 is 0 Å². The predicted molar refractivity (Wildman–Crippen MR) is 74.9 cm³/mol. The Morgan fingerprint density at radius 3 is 2.53 bits per heavy atom. The van der Waals surface area contributed by atoms with Gasteiger partial charge in [0.05, 0.1) is 10.9 Å². The van der Waals surface area contributed by atoms with Crippen molar-refractivity contribution in [3.8, 4) is 0 Å². The van der Waals surface area contributed by atoms with E-state index in [0.717, 1.165) is 16.2 Å². The van der Waals surface area contributed by atoms with E-state index < -0.39 is 0 Å². The number of nitrogens with zero attached hydrogens (tertiary/aromatic N) is 2. The lowest BCUT2D eigenvalue weighted by Crippen LogP contribution is -2.20. The van der Waals surface area contributed by atoms with E-state index in [9.17, 15) is 4.79 Å². The first kappa shape index (κ1) is 13.8. The Hall–Kier alpha value is -1.29. The van der Waals surface area contributed by atoms with Crippen LogP contribution in [0.3, 0.4) is 0 Å². The molecule has 1 aromatic carbocycles. The molecule has 0 amide bonds. The molecule has 0 bridgehead atoms. The zero-order valence-corrected chi connectivity index (χ0v) is 11.8. The number of rotatable bonds is 1. The van der Waals surface area contributed by atoms with E-state index in [2.05, 4.69) is 4.98 Å². The summed E-state index contributed by atoms with van der Waals surface area (Å²) in [6, 6.07) is 5.68. The van der Waals surface area contributed by atoms with Crippen LogP contribution in [-0.2, 0) is 7.05 Å². The van der Waals surface area contributed by atoms with Crippen molar-refractivity contribution in [3.63, 3.8) is 0 Å². The highest BCUT2D eigenvalue weighted by Crippen LogP contribution is 2.16. The van der Waals surface area contributed by atoms with Gasteiger partial charge >= 0.3 is 0 Å². The number of aryl methyl sites for hydroxylation is 1. The predicted octanol–water partition coefficient (Wildman–Crippen LogP) is 2.99. The molecular weight excluding hydrogens is 232 g/mol. The van der Waals surface area contributed by atoms with Crippen LogP contribution in [0, 0.1) is 6.92 Å². The van der Waals surface area contributed by atoms with Crippen LogP contribution >= 0.6 is 11.8 Å². The van der Waals surface area contributed by atoms with Crippen LogP contribution in [0.5, 0.6) is 0 Å². The van der Waals surface area contributed by atoms with Crippen molar-refractivity contribution in [1.29, 1.82) is 0 Å². The molecule has 4 heteroatoms. The van der Waals surface area contributed by atoms with Crippen molar-refractivity contribution in [2.24, 2.45) is 7.05 Å². The molecule has 0 N–H and O–H groups in total. The van der Waals surface area contributed by atoms with Crippen molar-refractivity contribution in [3.05, 3.63) is 34.1 Å². The maximum absolute atomic E-state index is 12.0. The van der Waals surface area contributed by atoms with Gasteiger partial charge in [-0.25, -0.2) is 4.98 Å². The van der Waals surface area contributed by atoms with Crippen LogP contribution in [0.4, 0.5) is 0 Å². The Kier molecular flexibility index (Phi) is 4.75. The Morgan fingerprint density at radius 1 is 1.29 bits per heavy atom. The van der Waals surface area contributed by atoms with Gasteiger partial charge in [0.25, 0.3) is 5.56 Å². The summed E-state index contributed by atoms with van der Waals surface area (Å²) < 4.78 is 1.59. The highest BCUT2D eigenvalue weighted by Gasteiger charge is 2.08. The molecule has 0 saturated heterocycles. The third-order valence-electron chi connectivity index (χ3n) is 2.45. The van der Waals surface area contributed by atoms with Gasteiger partial charge in [0.1, 0.15) is 0 Å². The molecule has 0 unspecified atom stereocenters. The van der Waals surface area contributed by atoms with Crippen molar-refractivity contribution in [1.82, 2.24) is 9.55 Å². The van der Waals surface area contributed by atoms with Crippen LogP contribution in [0.15, 0.2) is 28.2 Å². The summed E-state index contributed by atoms with van der Waals surface area (Å²) in [4.78, 5) is 16.4. The van der Waals surface area contributed by atoms with Crippen LogP contribution in [0.25, 0.3) is 10.9 Å². The molecule has 0 atom stereocenters. The van der Waals surface area contributed by atoms with Gasteiger partial charge in [-0.3, -0.25) is 9.36 Å². The molecule has 0 spiro atoms. The first-order chi connectivity index (χ1) is 8.15. The molecule has 1 aromatic heterocycles. The number of aromatic nitrogens is 2. The molecule has 0 fully saturated rings. The fourth-order valence-corrected chi connectivity index (χ4v) is 2.14. The number of hydrogen-bond acceptors (Lipinski definition) is 3. The van der Waals surface area contributed by atoms with Gasteiger partial charge in [-0.05, 0) is 24.8 Å². The summed E-state index contributed by atoms with van der Waals surface area (Å²) >= 11 is 1.48. The van der Waals surface area contributed by atoms with Gasteiger partial charge in [0.2, 0.25) is 0 Å². The summed E-state index contributed by atoms with van der Waals surface area (Å²) in [7, 11) is 1.75. The van der Waals surface area contributed by atoms with Crippen molar-refractivity contribution in [2.75, 3.05) is 6.26 Å². The van der Waals surface area contributed by atoms with Crippen LogP contribution in [-0.4, -0.2) is 15.8 Å². The SMILES string of the molecule is CC.CSc1nc2c(C)cccc2c(=O)n1C. The molecular formula is C13H18N2OS. The minimum Gasteiger partial charge on any atom is -0.290 e. The van der Waals surface area contributed by atoms with E-state index in [1.165, 1.54) is 11.8 Å². The molecule has 0 saturated carbocycles. The topological polar surface area (TPSA) is 34.9 Å². The van der Waals surface area contributed by atoms with E-state index in [-0.39, 0.29) is 5.56 Å². The number of hydrogen-bond donors (Lipinski definition) is 0. The highest BCUT2D eigenvalue weighted by atomic mass is 32.2. The second-order valence-electron chi connectivity index (χ2n) is 3.43. The number of fused-ring (bicyclic) bond motifs is 1. The zero-order chi connectivity index (χ0) is 13.0. The molecule has 0 radical (unpaired) electrons. The molecule has 0 aliphatic heterocycles. The summed E-state index contributed by atoms with van der Waals surface area (Å²) in [5, 5.41) is 1.44. The van der Waals surface area contributed by atoms with E-state index in [0.29, 0.717) is 5.39 Å². The summed E-state index contributed by atoms with van der Waals surface area (Å²) in [6.07, 6.45) is 1.92. The van der Waals surface area contributed by atoms with E-state index in [1.54, 1.807) is 11.6 Å². The Morgan fingerprint density at radius 2 is 1.94 bits per heavy atom. The third-order valence-corrected chi connectivity index (χ3v) is 3.18. The smallest absolute Gasteiger partial charge is 0.261 e. The molecule has 17 heavy (non-hydrogen) atoms. The average molecular weight is 250 g/mol. The minimum atomic E-state index is 0.0213. The van der Waals surface area contributed by atoms with E-state index in [1.807, 2.05) is 45.2 Å². The minimum absolute atomic E-state index is 0.0213. The lowest BCUT2D eigenvalue weighted by molar-refractivity contribution is 0.727. The molecule has 2 rings (SSSR count). The zero-order valence-electron chi connectivity index (χ0n) is 10.9. The molecule has 3 nitrogen and oxygen atoms in total. The van der Waals surface area contributed by atoms with Gasteiger partial charge < -0.3 is 0 Å². The summed E-state index contributed by atoms with van der Waals surface area (Å²) in [6.45, 7) is 5.97. The Labute approximate surface area is 106 Å². The van der Waals surface area contributed by atoms with E-state index >= 15 is 0 Å². The standard InChI is InChI=1S/C11H12N2OS.C2H6/c1-7-5-4-6-8-9(7)12-11(15-3)13(2)10(8)14;1-2/h4-6H,1-3H3;1-2H3. The van der Waals surface area contributed by atoms with Crippen LogP contribution in [0.2, 0.25) is 0 Å².